The van der Waals surface area contributed by atoms with E-state index in [1.165, 1.54) is 0 Å². The van der Waals surface area contributed by atoms with Gasteiger partial charge < -0.3 is 11.1 Å². The van der Waals surface area contributed by atoms with E-state index < -0.39 is 16.8 Å². The first-order chi connectivity index (χ1) is 12.1. The molecule has 4 nitrogen and oxygen atoms in total. The van der Waals surface area contributed by atoms with Crippen molar-refractivity contribution < 1.29 is 9.00 Å². The summed E-state index contributed by atoms with van der Waals surface area (Å²) in [6.07, 6.45) is 0. The molecule has 2 atom stereocenters. The summed E-state index contributed by atoms with van der Waals surface area (Å²) in [6.45, 7) is 0. The van der Waals surface area contributed by atoms with E-state index >= 15 is 0 Å². The van der Waals surface area contributed by atoms with Gasteiger partial charge in [-0.05, 0) is 35.9 Å². The van der Waals surface area contributed by atoms with Crippen molar-refractivity contribution in [3.63, 3.8) is 0 Å². The highest BCUT2D eigenvalue weighted by atomic mass is 32.2. The normalized spacial score (nSPS) is 13.0. The molecule has 0 aliphatic carbocycles. The number of anilines is 1. The molecule has 3 N–H and O–H groups in total. The minimum atomic E-state index is -1.30. The molecule has 5 heteroatoms. The van der Waals surface area contributed by atoms with Crippen LogP contribution in [0.3, 0.4) is 0 Å². The Bertz CT molecular complexity index is 882. The number of benzene rings is 3. The monoisotopic (exact) mass is 350 g/mol. The highest BCUT2D eigenvalue weighted by molar-refractivity contribution is 7.85. The SMILES string of the molecule is NC(C(=O)Nc1cccc(S(=O)c2ccccc2)c1)c1ccccc1. The fourth-order valence-electron chi connectivity index (χ4n) is 2.40. The standard InChI is InChI=1S/C20H18N2O2S/c21-19(15-8-3-1-4-9-15)20(23)22-16-10-7-13-18(14-16)25(24)17-11-5-2-6-12-17/h1-14,19H,21H2,(H,22,23). The molecule has 0 heterocycles. The van der Waals surface area contributed by atoms with Gasteiger partial charge in [0, 0.05) is 15.5 Å². The quantitative estimate of drug-likeness (QED) is 0.740. The third kappa shape index (κ3) is 4.21. The lowest BCUT2D eigenvalue weighted by Gasteiger charge is -2.13. The van der Waals surface area contributed by atoms with Crippen molar-refractivity contribution in [3.8, 4) is 0 Å². The molecule has 0 fully saturated rings. The molecule has 0 spiro atoms. The van der Waals surface area contributed by atoms with E-state index in [1.807, 2.05) is 60.7 Å². The van der Waals surface area contributed by atoms with Crippen LogP contribution in [0.5, 0.6) is 0 Å². The number of rotatable bonds is 5. The van der Waals surface area contributed by atoms with Gasteiger partial charge in [0.05, 0.1) is 10.8 Å². The molecule has 2 unspecified atom stereocenters. The largest absolute Gasteiger partial charge is 0.324 e. The van der Waals surface area contributed by atoms with Gasteiger partial charge in [-0.25, -0.2) is 4.21 Å². The van der Waals surface area contributed by atoms with Crippen LogP contribution < -0.4 is 11.1 Å². The molecule has 3 aromatic rings. The molecule has 126 valence electrons. The Balaban J connectivity index is 1.76. The maximum absolute atomic E-state index is 12.6. The Morgan fingerprint density at radius 1 is 0.840 bits per heavy atom. The number of nitrogens with two attached hydrogens (primary N) is 1. The van der Waals surface area contributed by atoms with Gasteiger partial charge in [-0.2, -0.15) is 0 Å². The van der Waals surface area contributed by atoms with Crippen molar-refractivity contribution in [2.75, 3.05) is 5.32 Å². The first-order valence-corrected chi connectivity index (χ1v) is 8.98. The van der Waals surface area contributed by atoms with Gasteiger partial charge in [0.15, 0.2) is 0 Å². The molecular weight excluding hydrogens is 332 g/mol. The van der Waals surface area contributed by atoms with Crippen molar-refractivity contribution in [1.29, 1.82) is 0 Å². The lowest BCUT2D eigenvalue weighted by atomic mass is 10.1. The average molecular weight is 350 g/mol. The van der Waals surface area contributed by atoms with Gasteiger partial charge in [0.1, 0.15) is 6.04 Å². The van der Waals surface area contributed by atoms with E-state index in [0.29, 0.717) is 15.5 Å². The topological polar surface area (TPSA) is 72.2 Å². The summed E-state index contributed by atoms with van der Waals surface area (Å²) < 4.78 is 12.6. The molecule has 0 saturated carbocycles. The number of carbonyl (C=O) groups excluding carboxylic acids is 1. The van der Waals surface area contributed by atoms with Crippen LogP contribution in [0.1, 0.15) is 11.6 Å². The minimum Gasteiger partial charge on any atom is -0.324 e. The minimum absolute atomic E-state index is 0.311. The number of hydrogen-bond acceptors (Lipinski definition) is 3. The molecule has 3 rings (SSSR count). The van der Waals surface area contributed by atoms with E-state index in [0.717, 1.165) is 5.56 Å². The summed E-state index contributed by atoms with van der Waals surface area (Å²) in [5.41, 5.74) is 7.31. The average Bonchev–Trinajstić information content (AvgIpc) is 2.68. The van der Waals surface area contributed by atoms with Crippen molar-refractivity contribution in [2.24, 2.45) is 5.73 Å². The van der Waals surface area contributed by atoms with E-state index in [2.05, 4.69) is 5.32 Å². The molecule has 0 aromatic heterocycles. The lowest BCUT2D eigenvalue weighted by Crippen LogP contribution is -2.27. The van der Waals surface area contributed by atoms with Crippen LogP contribution in [0.25, 0.3) is 0 Å². The summed E-state index contributed by atoms with van der Waals surface area (Å²) in [5.74, 6) is -0.311. The van der Waals surface area contributed by atoms with Crippen LogP contribution in [-0.2, 0) is 15.6 Å². The Labute approximate surface area is 149 Å². The fraction of sp³-hybridized carbons (Fsp3) is 0.0500. The molecule has 3 aromatic carbocycles. The second kappa shape index (κ2) is 7.88. The maximum atomic E-state index is 12.6. The van der Waals surface area contributed by atoms with E-state index in [1.54, 1.807) is 24.3 Å². The summed E-state index contributed by atoms with van der Waals surface area (Å²) in [7, 11) is -1.30. The zero-order chi connectivity index (χ0) is 17.6. The Hall–Kier alpha value is -2.76. The Morgan fingerprint density at radius 2 is 1.44 bits per heavy atom. The fourth-order valence-corrected chi connectivity index (χ4v) is 3.51. The van der Waals surface area contributed by atoms with E-state index in [9.17, 15) is 9.00 Å². The molecule has 0 aliphatic rings. The number of amides is 1. The molecule has 0 aliphatic heterocycles. The maximum Gasteiger partial charge on any atom is 0.245 e. The molecule has 25 heavy (non-hydrogen) atoms. The third-order valence-corrected chi connectivity index (χ3v) is 5.10. The van der Waals surface area contributed by atoms with Gasteiger partial charge in [-0.3, -0.25) is 4.79 Å². The zero-order valence-corrected chi connectivity index (χ0v) is 14.3. The lowest BCUT2D eigenvalue weighted by molar-refractivity contribution is -0.117. The van der Waals surface area contributed by atoms with Crippen LogP contribution in [0, 0.1) is 0 Å². The second-order valence-corrected chi connectivity index (χ2v) is 6.97. The molecule has 0 bridgehead atoms. The molecule has 0 saturated heterocycles. The number of nitrogens with one attached hydrogen (secondary N) is 1. The molecule has 0 radical (unpaired) electrons. The summed E-state index contributed by atoms with van der Waals surface area (Å²) in [6, 6.07) is 24.6. The number of carbonyl (C=O) groups is 1. The smallest absolute Gasteiger partial charge is 0.245 e. The van der Waals surface area contributed by atoms with Crippen LogP contribution in [-0.4, -0.2) is 10.1 Å². The van der Waals surface area contributed by atoms with Crippen LogP contribution in [0.15, 0.2) is 94.7 Å². The predicted octanol–water partition coefficient (Wildman–Crippen LogP) is 3.49. The molecule has 1 amide bonds. The molecular formula is C20H18N2O2S. The highest BCUT2D eigenvalue weighted by Crippen LogP contribution is 2.20. The van der Waals surface area contributed by atoms with Crippen LogP contribution >= 0.6 is 0 Å². The summed E-state index contributed by atoms with van der Waals surface area (Å²) in [5, 5.41) is 2.79. The Kier molecular flexibility index (Phi) is 5.38. The van der Waals surface area contributed by atoms with Crippen LogP contribution in [0.4, 0.5) is 5.69 Å². The van der Waals surface area contributed by atoms with Crippen molar-refractivity contribution >= 4 is 22.4 Å². The number of hydrogen-bond donors (Lipinski definition) is 2. The first kappa shape index (κ1) is 17.1. The van der Waals surface area contributed by atoms with Gasteiger partial charge in [0.2, 0.25) is 5.91 Å². The van der Waals surface area contributed by atoms with Crippen LogP contribution in [0.2, 0.25) is 0 Å². The van der Waals surface area contributed by atoms with Gasteiger partial charge >= 0.3 is 0 Å². The Morgan fingerprint density at radius 3 is 2.12 bits per heavy atom. The third-order valence-electron chi connectivity index (χ3n) is 3.71. The zero-order valence-electron chi connectivity index (χ0n) is 13.5. The summed E-state index contributed by atoms with van der Waals surface area (Å²) >= 11 is 0. The second-order valence-electron chi connectivity index (χ2n) is 5.49. The van der Waals surface area contributed by atoms with Crippen molar-refractivity contribution in [3.05, 3.63) is 90.5 Å². The summed E-state index contributed by atoms with van der Waals surface area (Å²) in [4.78, 5) is 13.7. The van der Waals surface area contributed by atoms with E-state index in [-0.39, 0.29) is 5.91 Å². The van der Waals surface area contributed by atoms with E-state index in [4.69, 9.17) is 5.73 Å². The first-order valence-electron chi connectivity index (χ1n) is 7.83. The predicted molar refractivity (Wildman–Crippen MR) is 99.6 cm³/mol. The van der Waals surface area contributed by atoms with Gasteiger partial charge in [-0.1, -0.05) is 54.6 Å². The van der Waals surface area contributed by atoms with Crippen molar-refractivity contribution in [1.82, 2.24) is 0 Å². The van der Waals surface area contributed by atoms with Crippen molar-refractivity contribution in [2.45, 2.75) is 15.8 Å². The highest BCUT2D eigenvalue weighted by Gasteiger charge is 2.16. The van der Waals surface area contributed by atoms with Gasteiger partial charge in [0.25, 0.3) is 0 Å². The van der Waals surface area contributed by atoms with Gasteiger partial charge in [-0.15, -0.1) is 0 Å².